The summed E-state index contributed by atoms with van der Waals surface area (Å²) in [4.78, 5) is 25.6. The molecule has 3 heterocycles. The van der Waals surface area contributed by atoms with E-state index in [9.17, 15) is 23.7 Å². The van der Waals surface area contributed by atoms with Gasteiger partial charge in [-0.1, -0.05) is 5.92 Å². The molecule has 164 valence electrons. The van der Waals surface area contributed by atoms with E-state index in [1.165, 1.54) is 0 Å². The van der Waals surface area contributed by atoms with Gasteiger partial charge in [0.15, 0.2) is 6.23 Å². The number of nitrogens with one attached hydrogen (secondary N) is 1. The van der Waals surface area contributed by atoms with Crippen molar-refractivity contribution < 1.29 is 39.5 Å². The van der Waals surface area contributed by atoms with Crippen molar-refractivity contribution in [2.45, 2.75) is 31.2 Å². The molecule has 2 aliphatic rings. The second-order valence-electron chi connectivity index (χ2n) is 6.62. The van der Waals surface area contributed by atoms with Crippen LogP contribution in [0.15, 0.2) is 34.0 Å². The van der Waals surface area contributed by atoms with Crippen molar-refractivity contribution >= 4 is 7.82 Å². The summed E-state index contributed by atoms with van der Waals surface area (Å²) in [6, 6.07) is 3.15. The lowest BCUT2D eigenvalue weighted by molar-refractivity contribution is -0.179. The highest BCUT2D eigenvalue weighted by Gasteiger charge is 2.50. The van der Waals surface area contributed by atoms with Crippen LogP contribution in [0.5, 0.6) is 5.75 Å². The lowest BCUT2D eigenvalue weighted by Gasteiger charge is -2.27. The molecule has 1 aromatic heterocycles. The molecule has 4 atom stereocenters. The fraction of sp³-hybridized carbons (Fsp3) is 0.333. The van der Waals surface area contributed by atoms with Gasteiger partial charge in [0.05, 0.1) is 9.35 Å². The Hall–Kier alpha value is -2.81. The molecular weight excluding hydrogens is 441 g/mol. The lowest BCUT2D eigenvalue weighted by atomic mass is 10.2. The molecule has 1 aromatic carbocycles. The molecule has 13 heteroatoms. The molecular formula is C18H15F2N2O8P. The number of aromatic amines is 1. The fourth-order valence-corrected chi connectivity index (χ4v) is 4.09. The number of nitrogens with zero attached hydrogens (tertiary/aromatic N) is 1. The van der Waals surface area contributed by atoms with E-state index >= 15 is 4.39 Å². The topological polar surface area (TPSA) is 129 Å². The van der Waals surface area contributed by atoms with Gasteiger partial charge in [-0.15, -0.1) is 6.42 Å². The van der Waals surface area contributed by atoms with Crippen molar-refractivity contribution in [3.05, 3.63) is 62.2 Å². The van der Waals surface area contributed by atoms with Crippen LogP contribution in [0.4, 0.5) is 8.78 Å². The number of terminal acetylenes is 1. The number of aliphatic hydroxyl groups excluding tert-OH is 1. The number of ether oxygens (including phenoxy) is 1. The van der Waals surface area contributed by atoms with E-state index in [-0.39, 0.29) is 16.9 Å². The number of hydrogen-bond acceptors (Lipinski definition) is 8. The summed E-state index contributed by atoms with van der Waals surface area (Å²) >= 11 is 0. The number of rotatable bonds is 4. The Morgan fingerprint density at radius 3 is 3.03 bits per heavy atom. The Balaban J connectivity index is 1.59. The minimum atomic E-state index is -4.76. The normalized spacial score (nSPS) is 31.2. The van der Waals surface area contributed by atoms with Gasteiger partial charge < -0.3 is 14.4 Å². The highest BCUT2D eigenvalue weighted by atomic mass is 31.2. The fourth-order valence-electron chi connectivity index (χ4n) is 2.99. The summed E-state index contributed by atoms with van der Waals surface area (Å²) in [5.41, 5.74) is -2.18. The van der Waals surface area contributed by atoms with Crippen LogP contribution < -0.4 is 15.8 Å². The quantitative estimate of drug-likeness (QED) is 0.519. The number of H-pyrrole nitrogens is 1. The third-order valence-electron chi connectivity index (χ3n) is 4.43. The first-order valence-electron chi connectivity index (χ1n) is 9.67. The number of halogens is 2. The van der Waals surface area contributed by atoms with Crippen LogP contribution in [-0.2, 0) is 25.0 Å². The van der Waals surface area contributed by atoms with Gasteiger partial charge in [-0.3, -0.25) is 23.4 Å². The van der Waals surface area contributed by atoms with Crippen LogP contribution in [0.3, 0.4) is 0 Å². The molecule has 2 aliphatic heterocycles. The van der Waals surface area contributed by atoms with Gasteiger partial charge in [0, 0.05) is 18.2 Å². The minimum absolute atomic E-state index is 0.124. The zero-order valence-electron chi connectivity index (χ0n) is 17.4. The zero-order valence-corrected chi connectivity index (χ0v) is 16.3. The number of aromatic nitrogens is 2. The van der Waals surface area contributed by atoms with Crippen LogP contribution in [0.25, 0.3) is 0 Å². The summed E-state index contributed by atoms with van der Waals surface area (Å²) in [7, 11) is -4.76. The first-order valence-corrected chi connectivity index (χ1v) is 10.1. The first-order chi connectivity index (χ1) is 15.4. The predicted molar refractivity (Wildman–Crippen MR) is 99.2 cm³/mol. The van der Waals surface area contributed by atoms with E-state index in [2.05, 4.69) is 0 Å². The van der Waals surface area contributed by atoms with E-state index < -0.39 is 62.7 Å². The standard InChI is InChI=1S/C18H15F2N2O8P/c1-2-10-7-22(17(25)21-15(10)24)16-13(23)6-18(20,29-16)9-28-31(26)27-8-11-5-12(19)3-4-14(11)30-31/h1,3-5,7,13,16,23H,6,8-9H2,(H,21,24,25)/t13-,16-,18+,31?/m1/s1/i9D2. The monoisotopic (exact) mass is 458 g/mol. The number of phosphoric acid groups is 1. The van der Waals surface area contributed by atoms with Crippen molar-refractivity contribution in [3.8, 4) is 18.1 Å². The molecule has 0 bridgehead atoms. The number of aliphatic hydroxyl groups is 1. The molecule has 0 aliphatic carbocycles. The van der Waals surface area contributed by atoms with Crippen LogP contribution >= 0.6 is 7.82 Å². The molecule has 4 rings (SSSR count). The molecule has 10 nitrogen and oxygen atoms in total. The highest BCUT2D eigenvalue weighted by molar-refractivity contribution is 7.49. The maximum Gasteiger partial charge on any atom is 0.530 e. The third kappa shape index (κ3) is 4.19. The molecule has 1 saturated heterocycles. The molecule has 0 saturated carbocycles. The summed E-state index contributed by atoms with van der Waals surface area (Å²) < 4.78 is 77.8. The van der Waals surface area contributed by atoms with Crippen molar-refractivity contribution in [1.29, 1.82) is 0 Å². The van der Waals surface area contributed by atoms with Gasteiger partial charge in [0.2, 0.25) is 5.85 Å². The minimum Gasteiger partial charge on any atom is -0.404 e. The number of alkyl halides is 1. The predicted octanol–water partition coefficient (Wildman–Crippen LogP) is 1.34. The van der Waals surface area contributed by atoms with Crippen LogP contribution in [0.2, 0.25) is 0 Å². The molecule has 0 radical (unpaired) electrons. The van der Waals surface area contributed by atoms with Gasteiger partial charge in [-0.05, 0) is 18.2 Å². The second kappa shape index (κ2) is 7.71. The van der Waals surface area contributed by atoms with Crippen LogP contribution in [0.1, 0.15) is 26.5 Å². The Morgan fingerprint density at radius 1 is 1.52 bits per heavy atom. The maximum atomic E-state index is 15.6. The van der Waals surface area contributed by atoms with Crippen molar-refractivity contribution in [2.75, 3.05) is 6.56 Å². The summed E-state index contributed by atoms with van der Waals surface area (Å²) in [5, 5.41) is 10.3. The highest BCUT2D eigenvalue weighted by Crippen LogP contribution is 2.55. The smallest absolute Gasteiger partial charge is 0.404 e. The third-order valence-corrected chi connectivity index (χ3v) is 5.61. The number of fused-ring (bicyclic) bond motifs is 1. The van der Waals surface area contributed by atoms with Gasteiger partial charge >= 0.3 is 13.5 Å². The average molecular weight is 458 g/mol. The van der Waals surface area contributed by atoms with Crippen LogP contribution in [-0.4, -0.2) is 33.2 Å². The molecule has 2 N–H and O–H groups in total. The average Bonchev–Trinajstić information content (AvgIpc) is 3.04. The molecule has 2 aromatic rings. The summed E-state index contributed by atoms with van der Waals surface area (Å²) in [5.74, 6) is -2.20. The van der Waals surface area contributed by atoms with E-state index in [1.807, 2.05) is 10.9 Å². The Labute approximate surface area is 175 Å². The van der Waals surface area contributed by atoms with Crippen molar-refractivity contribution in [3.63, 3.8) is 0 Å². The number of benzene rings is 1. The SMILES string of the molecule is [2H]C([2H])(OP1(=O)OCc2cc(F)ccc2O1)[C@]1(F)C[C@@H](O)[C@H](n2cc(C#C)c(=O)[nH]c2=O)O1. The van der Waals surface area contributed by atoms with E-state index in [0.29, 0.717) is 4.57 Å². The number of phosphoric ester groups is 1. The first kappa shape index (κ1) is 18.9. The van der Waals surface area contributed by atoms with E-state index in [0.717, 1.165) is 24.4 Å². The summed E-state index contributed by atoms with van der Waals surface area (Å²) in [6.45, 7) is -4.01. The second-order valence-corrected chi connectivity index (χ2v) is 8.14. The lowest BCUT2D eigenvalue weighted by Crippen LogP contribution is -2.37. The van der Waals surface area contributed by atoms with Crippen molar-refractivity contribution in [2.24, 2.45) is 0 Å². The zero-order chi connectivity index (χ0) is 24.2. The Kier molecular flexibility index (Phi) is 4.70. The largest absolute Gasteiger partial charge is 0.530 e. The van der Waals surface area contributed by atoms with Gasteiger partial charge in [0.1, 0.15) is 29.8 Å². The van der Waals surface area contributed by atoms with Crippen LogP contribution in [0, 0.1) is 18.2 Å². The maximum absolute atomic E-state index is 15.6. The van der Waals surface area contributed by atoms with Gasteiger partial charge in [-0.25, -0.2) is 18.1 Å². The van der Waals surface area contributed by atoms with E-state index in [1.54, 1.807) is 0 Å². The molecule has 1 fully saturated rings. The Bertz CT molecular complexity index is 1330. The van der Waals surface area contributed by atoms with Gasteiger partial charge in [-0.2, -0.15) is 0 Å². The van der Waals surface area contributed by atoms with E-state index in [4.69, 9.17) is 27.5 Å². The number of hydrogen-bond donors (Lipinski definition) is 2. The molecule has 1 unspecified atom stereocenters. The Morgan fingerprint density at radius 2 is 2.29 bits per heavy atom. The van der Waals surface area contributed by atoms with Crippen molar-refractivity contribution in [1.82, 2.24) is 9.55 Å². The molecule has 0 amide bonds. The molecule has 0 spiro atoms. The summed E-state index contributed by atoms with van der Waals surface area (Å²) in [6.07, 6.45) is 1.31. The molecule has 31 heavy (non-hydrogen) atoms. The van der Waals surface area contributed by atoms with Gasteiger partial charge in [0.25, 0.3) is 5.56 Å².